The van der Waals surface area contributed by atoms with Crippen molar-refractivity contribution in [3.63, 3.8) is 0 Å². The van der Waals surface area contributed by atoms with Crippen molar-refractivity contribution in [3.05, 3.63) is 0 Å². The van der Waals surface area contributed by atoms with Crippen molar-refractivity contribution in [1.29, 1.82) is 0 Å². The highest BCUT2D eigenvalue weighted by Gasteiger charge is 1.75. The molecule has 0 aromatic rings. The standard InChI is InChI=1S/C6H14.C4H10O.CH3Cl/c1-3-5-6-4-2;1-3-5-4-2;1-2/h3-6H2,1-2H3;3-4H2,1-2H3;1H3. The number of ether oxygens (including phenoxy) is 1. The zero-order valence-electron chi connectivity index (χ0n) is 10.0. The van der Waals surface area contributed by atoms with Crippen LogP contribution in [0.3, 0.4) is 0 Å². The Bertz CT molecular complexity index is 43.4. The fraction of sp³-hybridized carbons (Fsp3) is 1.00. The third kappa shape index (κ3) is 46.7. The fourth-order valence-electron chi connectivity index (χ4n) is 0.704. The SMILES string of the molecule is CCCCCC.CCOCC.CCl. The summed E-state index contributed by atoms with van der Waals surface area (Å²) in [6, 6.07) is 0. The quantitative estimate of drug-likeness (QED) is 0.480. The molecule has 0 atom stereocenters. The first kappa shape index (κ1) is 18.9. The minimum atomic E-state index is 0.844. The maximum atomic E-state index is 4.83. The molecule has 0 heterocycles. The number of halogens is 1. The van der Waals surface area contributed by atoms with Crippen molar-refractivity contribution in [2.75, 3.05) is 19.6 Å². The number of unbranched alkanes of at least 4 members (excludes halogenated alkanes) is 3. The van der Waals surface area contributed by atoms with Crippen molar-refractivity contribution in [1.82, 2.24) is 0 Å². The van der Waals surface area contributed by atoms with Crippen molar-refractivity contribution in [2.24, 2.45) is 0 Å². The minimum Gasteiger partial charge on any atom is -0.382 e. The smallest absolute Gasteiger partial charge is 0.0437 e. The van der Waals surface area contributed by atoms with Gasteiger partial charge in [0.2, 0.25) is 0 Å². The minimum absolute atomic E-state index is 0.844. The Morgan fingerprint density at radius 3 is 1.15 bits per heavy atom. The van der Waals surface area contributed by atoms with Gasteiger partial charge in [-0.3, -0.25) is 0 Å². The molecule has 84 valence electrons. The molecule has 13 heavy (non-hydrogen) atoms. The maximum Gasteiger partial charge on any atom is 0.0437 e. The van der Waals surface area contributed by atoms with Gasteiger partial charge in [-0.1, -0.05) is 39.5 Å². The van der Waals surface area contributed by atoms with Crippen molar-refractivity contribution >= 4 is 11.6 Å². The van der Waals surface area contributed by atoms with E-state index in [9.17, 15) is 0 Å². The van der Waals surface area contributed by atoms with Crippen LogP contribution in [0.2, 0.25) is 0 Å². The molecule has 0 aromatic heterocycles. The molecule has 0 unspecified atom stereocenters. The van der Waals surface area contributed by atoms with E-state index in [-0.39, 0.29) is 0 Å². The summed E-state index contributed by atoms with van der Waals surface area (Å²) in [6.45, 7) is 10.1. The molecule has 0 N–H and O–H groups in total. The average Bonchev–Trinajstić information content (AvgIpc) is 2.20. The highest BCUT2D eigenvalue weighted by Crippen LogP contribution is 1.95. The summed E-state index contributed by atoms with van der Waals surface area (Å²) in [5.74, 6) is 0. The third-order valence-electron chi connectivity index (χ3n) is 1.37. The molecule has 2 heteroatoms. The zero-order chi connectivity index (χ0) is 10.9. The zero-order valence-corrected chi connectivity index (χ0v) is 10.8. The van der Waals surface area contributed by atoms with Gasteiger partial charge in [0.25, 0.3) is 0 Å². The first-order valence-corrected chi connectivity index (χ1v) is 6.04. The predicted molar refractivity (Wildman–Crippen MR) is 63.8 cm³/mol. The molecular weight excluding hydrogens is 184 g/mol. The summed E-state index contributed by atoms with van der Waals surface area (Å²) in [5.41, 5.74) is 0. The normalized spacial score (nSPS) is 7.85. The number of alkyl halides is 1. The van der Waals surface area contributed by atoms with Crippen LogP contribution in [-0.4, -0.2) is 19.6 Å². The van der Waals surface area contributed by atoms with Gasteiger partial charge in [-0.2, -0.15) is 0 Å². The van der Waals surface area contributed by atoms with Gasteiger partial charge in [-0.25, -0.2) is 0 Å². The van der Waals surface area contributed by atoms with Gasteiger partial charge in [0.05, 0.1) is 0 Å². The van der Waals surface area contributed by atoms with Gasteiger partial charge in [0.1, 0.15) is 0 Å². The molecule has 0 fully saturated rings. The van der Waals surface area contributed by atoms with Crippen LogP contribution in [0.5, 0.6) is 0 Å². The molecule has 1 nitrogen and oxygen atoms in total. The lowest BCUT2D eigenvalue weighted by atomic mass is 10.2. The van der Waals surface area contributed by atoms with Gasteiger partial charge in [-0.15, -0.1) is 11.6 Å². The largest absolute Gasteiger partial charge is 0.382 e. The molecule has 0 rings (SSSR count). The highest BCUT2D eigenvalue weighted by molar-refractivity contribution is 6.15. The highest BCUT2D eigenvalue weighted by atomic mass is 35.5. The van der Waals surface area contributed by atoms with Gasteiger partial charge < -0.3 is 4.74 Å². The van der Waals surface area contributed by atoms with Crippen molar-refractivity contribution < 1.29 is 4.74 Å². The van der Waals surface area contributed by atoms with Crippen LogP contribution in [0.4, 0.5) is 0 Å². The summed E-state index contributed by atoms with van der Waals surface area (Å²) < 4.78 is 4.83. The van der Waals surface area contributed by atoms with Crippen LogP contribution < -0.4 is 0 Å². The van der Waals surface area contributed by atoms with Crippen LogP contribution in [0, 0.1) is 0 Å². The second kappa shape index (κ2) is 29.5. The molecule has 0 bridgehead atoms. The van der Waals surface area contributed by atoms with E-state index in [1.165, 1.54) is 32.1 Å². The van der Waals surface area contributed by atoms with Gasteiger partial charge >= 0.3 is 0 Å². The van der Waals surface area contributed by atoms with Crippen LogP contribution in [0.1, 0.15) is 53.4 Å². The van der Waals surface area contributed by atoms with Gasteiger partial charge in [-0.05, 0) is 13.8 Å². The van der Waals surface area contributed by atoms with Crippen molar-refractivity contribution in [2.45, 2.75) is 53.4 Å². The maximum absolute atomic E-state index is 4.83. The van der Waals surface area contributed by atoms with E-state index in [1.807, 2.05) is 13.8 Å². The summed E-state index contributed by atoms with van der Waals surface area (Å²) in [7, 11) is 0. The Balaban J connectivity index is -0.000000131. The molecule has 0 aromatic carbocycles. The molecule has 0 saturated heterocycles. The molecule has 0 aliphatic heterocycles. The number of hydrogen-bond donors (Lipinski definition) is 0. The Labute approximate surface area is 89.8 Å². The lowest BCUT2D eigenvalue weighted by molar-refractivity contribution is 0.162. The predicted octanol–water partition coefficient (Wildman–Crippen LogP) is 4.48. The monoisotopic (exact) mass is 210 g/mol. The summed E-state index contributed by atoms with van der Waals surface area (Å²) in [4.78, 5) is 0. The topological polar surface area (TPSA) is 9.23 Å². The Morgan fingerprint density at radius 2 is 1.08 bits per heavy atom. The lowest BCUT2D eigenvalue weighted by Crippen LogP contribution is -1.84. The summed E-state index contributed by atoms with van der Waals surface area (Å²) >= 11 is 4.64. The van der Waals surface area contributed by atoms with Crippen LogP contribution in [0.15, 0.2) is 0 Å². The Kier molecular flexibility index (Phi) is 42.9. The second-order valence-corrected chi connectivity index (χ2v) is 2.49. The molecule has 0 spiro atoms. The molecule has 0 amide bonds. The molecule has 0 aliphatic rings. The molecule has 0 saturated carbocycles. The first-order chi connectivity index (χ1) is 6.33. The molecule has 0 radical (unpaired) electrons. The number of hydrogen-bond acceptors (Lipinski definition) is 1. The first-order valence-electron chi connectivity index (χ1n) is 5.28. The van der Waals surface area contributed by atoms with Crippen LogP contribution in [0.25, 0.3) is 0 Å². The summed E-state index contributed by atoms with van der Waals surface area (Å²) in [5, 5.41) is 0. The van der Waals surface area contributed by atoms with Crippen molar-refractivity contribution in [3.8, 4) is 0 Å². The third-order valence-corrected chi connectivity index (χ3v) is 1.37. The Morgan fingerprint density at radius 1 is 0.769 bits per heavy atom. The molecular formula is C11H27ClO. The Hall–Kier alpha value is 0.250. The van der Waals surface area contributed by atoms with Crippen LogP contribution in [-0.2, 0) is 4.74 Å². The van der Waals surface area contributed by atoms with E-state index >= 15 is 0 Å². The van der Waals surface area contributed by atoms with E-state index in [2.05, 4.69) is 25.4 Å². The van der Waals surface area contributed by atoms with E-state index in [0.29, 0.717) is 0 Å². The number of rotatable bonds is 5. The van der Waals surface area contributed by atoms with E-state index in [1.54, 1.807) is 0 Å². The van der Waals surface area contributed by atoms with Gasteiger partial charge in [0, 0.05) is 19.6 Å². The van der Waals surface area contributed by atoms with E-state index in [0.717, 1.165) is 13.2 Å². The lowest BCUT2D eigenvalue weighted by Gasteiger charge is -1.86. The average molecular weight is 211 g/mol. The van der Waals surface area contributed by atoms with E-state index < -0.39 is 0 Å². The van der Waals surface area contributed by atoms with Gasteiger partial charge in [0.15, 0.2) is 0 Å². The van der Waals surface area contributed by atoms with E-state index in [4.69, 9.17) is 4.74 Å². The summed E-state index contributed by atoms with van der Waals surface area (Å²) in [6.07, 6.45) is 7.01. The van der Waals surface area contributed by atoms with Crippen LogP contribution >= 0.6 is 11.6 Å². The fourth-order valence-corrected chi connectivity index (χ4v) is 0.704. The second-order valence-electron chi connectivity index (χ2n) is 2.49. The molecule has 0 aliphatic carbocycles.